The van der Waals surface area contributed by atoms with E-state index in [9.17, 15) is 8.42 Å². The predicted molar refractivity (Wildman–Crippen MR) is 92.7 cm³/mol. The van der Waals surface area contributed by atoms with Gasteiger partial charge in [0.2, 0.25) is 10.0 Å². The molecule has 2 atom stereocenters. The van der Waals surface area contributed by atoms with Gasteiger partial charge in [0.05, 0.1) is 19.5 Å². The van der Waals surface area contributed by atoms with Gasteiger partial charge >= 0.3 is 0 Å². The van der Waals surface area contributed by atoms with Crippen LogP contribution >= 0.6 is 0 Å². The Morgan fingerprint density at radius 3 is 2.88 bits per heavy atom. The van der Waals surface area contributed by atoms with Gasteiger partial charge < -0.3 is 9.84 Å². The molecule has 1 aromatic rings. The monoisotopic (exact) mass is 354 g/mol. The summed E-state index contributed by atoms with van der Waals surface area (Å²) in [7, 11) is -0.0740. The first-order valence-electron chi connectivity index (χ1n) is 8.43. The van der Waals surface area contributed by atoms with Crippen molar-refractivity contribution in [2.24, 2.45) is 0 Å². The molecule has 0 aromatic heterocycles. The van der Waals surface area contributed by atoms with Crippen molar-refractivity contribution >= 4 is 10.0 Å². The standard InChI is InChI=1S/C17H26N2O4S/c1-18(24(21,22)10-9-20)14-6-8-19-7-5-13-11-15(23-2)3-4-16(13)17(19)12-14/h3-4,11,14,17,20H,5-10,12H2,1-2H3. The lowest BCUT2D eigenvalue weighted by atomic mass is 9.85. The van der Waals surface area contributed by atoms with E-state index in [0.717, 1.165) is 38.1 Å². The maximum absolute atomic E-state index is 12.3. The smallest absolute Gasteiger partial charge is 0.216 e. The number of piperidine rings is 1. The van der Waals surface area contributed by atoms with Gasteiger partial charge in [-0.15, -0.1) is 0 Å². The number of ether oxygens (including phenoxy) is 1. The van der Waals surface area contributed by atoms with Crippen LogP contribution in [0.2, 0.25) is 0 Å². The van der Waals surface area contributed by atoms with Crippen LogP contribution < -0.4 is 4.74 Å². The molecule has 0 amide bonds. The van der Waals surface area contributed by atoms with E-state index in [1.54, 1.807) is 14.2 Å². The summed E-state index contributed by atoms with van der Waals surface area (Å²) >= 11 is 0. The van der Waals surface area contributed by atoms with E-state index in [4.69, 9.17) is 9.84 Å². The highest BCUT2D eigenvalue weighted by Gasteiger charge is 2.37. The van der Waals surface area contributed by atoms with Crippen LogP contribution in [0.1, 0.15) is 30.0 Å². The third kappa shape index (κ3) is 3.31. The molecule has 2 heterocycles. The Kier molecular flexibility index (Phi) is 5.15. The molecule has 2 aliphatic rings. The van der Waals surface area contributed by atoms with Crippen LogP contribution in [0.3, 0.4) is 0 Å². The van der Waals surface area contributed by atoms with Crippen LogP contribution in [0.25, 0.3) is 0 Å². The van der Waals surface area contributed by atoms with E-state index in [0.29, 0.717) is 0 Å². The largest absolute Gasteiger partial charge is 0.497 e. The van der Waals surface area contributed by atoms with Crippen LogP contribution in [-0.4, -0.2) is 68.4 Å². The van der Waals surface area contributed by atoms with E-state index >= 15 is 0 Å². The van der Waals surface area contributed by atoms with Crippen molar-refractivity contribution in [3.05, 3.63) is 29.3 Å². The highest BCUT2D eigenvalue weighted by atomic mass is 32.2. The second kappa shape index (κ2) is 7.00. The minimum absolute atomic E-state index is 0.0177. The molecule has 134 valence electrons. The molecule has 7 heteroatoms. The molecule has 1 N–H and O–H groups in total. The highest BCUT2D eigenvalue weighted by molar-refractivity contribution is 7.89. The predicted octanol–water partition coefficient (Wildman–Crippen LogP) is 1.01. The van der Waals surface area contributed by atoms with Gasteiger partial charge in [0.1, 0.15) is 5.75 Å². The molecule has 2 aliphatic heterocycles. The lowest BCUT2D eigenvalue weighted by Gasteiger charge is -2.45. The molecule has 0 bridgehead atoms. The summed E-state index contributed by atoms with van der Waals surface area (Å²) in [6.45, 7) is 1.57. The van der Waals surface area contributed by atoms with Gasteiger partial charge in [-0.1, -0.05) is 6.07 Å². The second-order valence-electron chi connectivity index (χ2n) is 6.60. The normalized spacial score (nSPS) is 24.5. The van der Waals surface area contributed by atoms with E-state index < -0.39 is 10.0 Å². The molecule has 24 heavy (non-hydrogen) atoms. The van der Waals surface area contributed by atoms with Gasteiger partial charge in [0, 0.05) is 32.2 Å². The Morgan fingerprint density at radius 2 is 2.17 bits per heavy atom. The summed E-state index contributed by atoms with van der Waals surface area (Å²) in [6, 6.07) is 6.44. The molecule has 3 rings (SSSR count). The van der Waals surface area contributed by atoms with Crippen molar-refractivity contribution in [2.45, 2.75) is 31.3 Å². The number of hydrogen-bond acceptors (Lipinski definition) is 5. The zero-order valence-electron chi connectivity index (χ0n) is 14.3. The maximum atomic E-state index is 12.3. The number of fused-ring (bicyclic) bond motifs is 3. The highest BCUT2D eigenvalue weighted by Crippen LogP contribution is 2.39. The molecule has 1 aromatic carbocycles. The Hall–Kier alpha value is -1.15. The summed E-state index contributed by atoms with van der Waals surface area (Å²) in [4.78, 5) is 2.46. The topological polar surface area (TPSA) is 70.1 Å². The number of benzene rings is 1. The van der Waals surface area contributed by atoms with Crippen LogP contribution in [0, 0.1) is 0 Å². The number of sulfonamides is 1. The summed E-state index contributed by atoms with van der Waals surface area (Å²) in [5, 5.41) is 8.99. The van der Waals surface area contributed by atoms with E-state index in [2.05, 4.69) is 17.0 Å². The lowest BCUT2D eigenvalue weighted by molar-refractivity contribution is 0.0967. The van der Waals surface area contributed by atoms with Crippen LogP contribution in [0.4, 0.5) is 0 Å². The van der Waals surface area contributed by atoms with Gasteiger partial charge in [0.15, 0.2) is 0 Å². The fraction of sp³-hybridized carbons (Fsp3) is 0.647. The maximum Gasteiger partial charge on any atom is 0.216 e. The number of aliphatic hydroxyl groups excluding tert-OH is 1. The molecular formula is C17H26N2O4S. The van der Waals surface area contributed by atoms with Gasteiger partial charge in [-0.2, -0.15) is 0 Å². The van der Waals surface area contributed by atoms with Crippen molar-refractivity contribution in [1.29, 1.82) is 0 Å². The zero-order chi connectivity index (χ0) is 17.3. The number of nitrogens with zero attached hydrogens (tertiary/aromatic N) is 2. The molecule has 0 saturated carbocycles. The quantitative estimate of drug-likeness (QED) is 0.855. The number of methoxy groups -OCH3 is 1. The summed E-state index contributed by atoms with van der Waals surface area (Å²) < 4.78 is 31.3. The van der Waals surface area contributed by atoms with Crippen LogP contribution in [0.5, 0.6) is 5.75 Å². The fourth-order valence-corrected chi connectivity index (χ4v) is 5.08. The molecule has 0 spiro atoms. The van der Waals surface area contributed by atoms with Crippen molar-refractivity contribution in [3.8, 4) is 5.75 Å². The Bertz CT molecular complexity index is 692. The summed E-state index contributed by atoms with van der Waals surface area (Å²) in [6.07, 6.45) is 2.63. The molecule has 6 nitrogen and oxygen atoms in total. The van der Waals surface area contributed by atoms with E-state index in [1.165, 1.54) is 15.4 Å². The lowest BCUT2D eigenvalue weighted by Crippen LogP contribution is -2.49. The van der Waals surface area contributed by atoms with Gasteiger partial charge in [-0.25, -0.2) is 12.7 Å². The molecule has 0 radical (unpaired) electrons. The van der Waals surface area contributed by atoms with Crippen molar-refractivity contribution in [3.63, 3.8) is 0 Å². The second-order valence-corrected chi connectivity index (χ2v) is 8.75. The molecule has 0 aliphatic carbocycles. The minimum atomic E-state index is -3.39. The number of rotatable bonds is 5. The molecule has 2 unspecified atom stereocenters. The molecule has 1 fully saturated rings. The van der Waals surface area contributed by atoms with Gasteiger partial charge in [-0.05, 0) is 42.5 Å². The average Bonchev–Trinajstić information content (AvgIpc) is 2.59. The third-order valence-corrected chi connectivity index (χ3v) is 7.24. The minimum Gasteiger partial charge on any atom is -0.497 e. The van der Waals surface area contributed by atoms with Gasteiger partial charge in [-0.3, -0.25) is 4.90 Å². The SMILES string of the molecule is COc1ccc2c(c1)CCN1CCC(N(C)S(=O)(=O)CCO)CC21. The summed E-state index contributed by atoms with van der Waals surface area (Å²) in [5.74, 6) is 0.666. The molecular weight excluding hydrogens is 328 g/mol. The molecule has 1 saturated heterocycles. The fourth-order valence-electron chi connectivity index (χ4n) is 3.92. The van der Waals surface area contributed by atoms with Gasteiger partial charge in [0.25, 0.3) is 0 Å². The Balaban J connectivity index is 1.82. The van der Waals surface area contributed by atoms with Crippen LogP contribution in [-0.2, 0) is 16.4 Å². The summed E-state index contributed by atoms with van der Waals surface area (Å²) in [5.41, 5.74) is 2.59. The number of aliphatic hydroxyl groups is 1. The Labute approximate surface area is 144 Å². The van der Waals surface area contributed by atoms with E-state index in [-0.39, 0.29) is 24.4 Å². The first-order valence-corrected chi connectivity index (χ1v) is 10.0. The first-order chi connectivity index (χ1) is 11.5. The first kappa shape index (κ1) is 17.7. The van der Waals surface area contributed by atoms with Crippen molar-refractivity contribution in [1.82, 2.24) is 9.21 Å². The van der Waals surface area contributed by atoms with Crippen LogP contribution in [0.15, 0.2) is 18.2 Å². The third-order valence-electron chi connectivity index (χ3n) is 5.37. The van der Waals surface area contributed by atoms with Crippen molar-refractivity contribution < 1.29 is 18.3 Å². The Morgan fingerprint density at radius 1 is 1.38 bits per heavy atom. The number of hydrogen-bond donors (Lipinski definition) is 1. The van der Waals surface area contributed by atoms with Crippen molar-refractivity contribution in [2.75, 3.05) is 39.6 Å². The van der Waals surface area contributed by atoms with E-state index in [1.807, 2.05) is 6.07 Å². The average molecular weight is 354 g/mol. The zero-order valence-corrected chi connectivity index (χ0v) is 15.1.